The van der Waals surface area contributed by atoms with E-state index in [2.05, 4.69) is 10.4 Å². The van der Waals surface area contributed by atoms with Crippen molar-refractivity contribution in [3.63, 3.8) is 0 Å². The lowest BCUT2D eigenvalue weighted by Crippen LogP contribution is -2.37. The highest BCUT2D eigenvalue weighted by Crippen LogP contribution is 2.24. The Morgan fingerprint density at radius 3 is 2.65 bits per heavy atom. The van der Waals surface area contributed by atoms with Crippen LogP contribution in [0.1, 0.15) is 31.4 Å². The van der Waals surface area contributed by atoms with Gasteiger partial charge in [0.05, 0.1) is 11.6 Å². The molecule has 1 aromatic rings. The number of carbonyl (C=O) groups excluding carboxylic acids is 1. The average molecular weight is 277 g/mol. The second-order valence-corrected chi connectivity index (χ2v) is 5.11. The number of nitrogens with one attached hydrogen (secondary N) is 1. The van der Waals surface area contributed by atoms with Crippen LogP contribution in [0.15, 0.2) is 18.3 Å². The van der Waals surface area contributed by atoms with Gasteiger partial charge in [0.2, 0.25) is 5.91 Å². The Balaban J connectivity index is 1.80. The molecule has 1 amide bonds. The number of nitrogens with zero attached hydrogens (tertiary/aromatic N) is 2. The molecular weight excluding hydrogens is 258 g/mol. The number of aliphatic carboxylic acids is 1. The van der Waals surface area contributed by atoms with Gasteiger partial charge in [0.1, 0.15) is 0 Å². The van der Waals surface area contributed by atoms with Gasteiger partial charge in [-0.25, -0.2) is 0 Å². The molecule has 6 nitrogen and oxygen atoms in total. The lowest BCUT2D eigenvalue weighted by Gasteiger charge is -2.26. The van der Waals surface area contributed by atoms with Gasteiger partial charge < -0.3 is 10.4 Å². The molecule has 0 aromatic carbocycles. The number of rotatable bonds is 4. The minimum Gasteiger partial charge on any atom is -0.481 e. The molecule has 1 aromatic heterocycles. The van der Waals surface area contributed by atoms with Crippen molar-refractivity contribution in [3.8, 4) is 0 Å². The van der Waals surface area contributed by atoms with Crippen LogP contribution >= 0.6 is 0 Å². The van der Waals surface area contributed by atoms with Gasteiger partial charge in [-0.1, -0.05) is 0 Å². The van der Waals surface area contributed by atoms with Gasteiger partial charge in [-0.3, -0.25) is 14.3 Å². The van der Waals surface area contributed by atoms with Crippen molar-refractivity contribution < 1.29 is 14.7 Å². The Morgan fingerprint density at radius 2 is 2.10 bits per heavy atom. The van der Waals surface area contributed by atoms with Crippen molar-refractivity contribution >= 4 is 18.0 Å². The van der Waals surface area contributed by atoms with E-state index in [1.807, 2.05) is 13.1 Å². The van der Waals surface area contributed by atoms with Crippen LogP contribution in [0.25, 0.3) is 6.08 Å². The molecule has 2 N–H and O–H groups in total. The maximum Gasteiger partial charge on any atom is 0.306 e. The standard InChI is InChI=1S/C14H19N3O3/c1-17-12(8-9-15-17)6-7-13(18)16-11-4-2-10(3-5-11)14(19)20/h6-11H,2-5H2,1H3,(H,16,18)(H,19,20)/b7-6+. The Bertz CT molecular complexity index is 513. The first-order valence-electron chi connectivity index (χ1n) is 6.75. The fourth-order valence-electron chi connectivity index (χ4n) is 2.44. The maximum atomic E-state index is 11.8. The molecule has 108 valence electrons. The SMILES string of the molecule is Cn1nccc1/C=C/C(=O)NC1CCC(C(=O)O)CC1. The summed E-state index contributed by atoms with van der Waals surface area (Å²) in [5, 5.41) is 15.8. The molecule has 0 spiro atoms. The Hall–Kier alpha value is -2.11. The summed E-state index contributed by atoms with van der Waals surface area (Å²) < 4.78 is 1.68. The lowest BCUT2D eigenvalue weighted by molar-refractivity contribution is -0.142. The number of aromatic nitrogens is 2. The predicted molar refractivity (Wildman–Crippen MR) is 73.8 cm³/mol. The van der Waals surface area contributed by atoms with Crippen LogP contribution in [0.4, 0.5) is 0 Å². The molecule has 1 aliphatic carbocycles. The topological polar surface area (TPSA) is 84.2 Å². The highest BCUT2D eigenvalue weighted by molar-refractivity contribution is 5.91. The molecule has 2 rings (SSSR count). The van der Waals surface area contributed by atoms with E-state index in [9.17, 15) is 9.59 Å². The van der Waals surface area contributed by atoms with Gasteiger partial charge in [0.15, 0.2) is 0 Å². The van der Waals surface area contributed by atoms with Crippen molar-refractivity contribution in [2.24, 2.45) is 13.0 Å². The summed E-state index contributed by atoms with van der Waals surface area (Å²) in [7, 11) is 1.81. The third kappa shape index (κ3) is 3.69. The van der Waals surface area contributed by atoms with Gasteiger partial charge in [0.25, 0.3) is 0 Å². The summed E-state index contributed by atoms with van der Waals surface area (Å²) in [6.07, 6.45) is 7.58. The van der Waals surface area contributed by atoms with Gasteiger partial charge in [-0.15, -0.1) is 0 Å². The third-order valence-corrected chi connectivity index (χ3v) is 3.69. The number of hydrogen-bond acceptors (Lipinski definition) is 3. The van der Waals surface area contributed by atoms with E-state index in [1.54, 1.807) is 17.0 Å². The van der Waals surface area contributed by atoms with E-state index in [0.29, 0.717) is 12.8 Å². The zero-order valence-corrected chi connectivity index (χ0v) is 11.5. The number of aryl methyl sites for hydroxylation is 1. The highest BCUT2D eigenvalue weighted by atomic mass is 16.4. The van der Waals surface area contributed by atoms with Gasteiger partial charge in [0, 0.05) is 25.4 Å². The van der Waals surface area contributed by atoms with Crippen molar-refractivity contribution in [3.05, 3.63) is 24.0 Å². The van der Waals surface area contributed by atoms with E-state index in [1.165, 1.54) is 6.08 Å². The maximum absolute atomic E-state index is 11.8. The Kier molecular flexibility index (Phi) is 4.55. The fraction of sp³-hybridized carbons (Fsp3) is 0.500. The number of carboxylic acid groups (broad SMARTS) is 1. The smallest absolute Gasteiger partial charge is 0.306 e. The summed E-state index contributed by atoms with van der Waals surface area (Å²) in [6, 6.07) is 1.90. The van der Waals surface area contributed by atoms with E-state index in [4.69, 9.17) is 5.11 Å². The molecular formula is C14H19N3O3. The molecule has 0 bridgehead atoms. The molecule has 1 fully saturated rings. The molecule has 1 saturated carbocycles. The average Bonchev–Trinajstić information content (AvgIpc) is 2.82. The van der Waals surface area contributed by atoms with Crippen LogP contribution in [-0.2, 0) is 16.6 Å². The number of amides is 1. The zero-order chi connectivity index (χ0) is 14.5. The predicted octanol–water partition coefficient (Wildman–Crippen LogP) is 1.19. The van der Waals surface area contributed by atoms with Crippen LogP contribution in [-0.4, -0.2) is 32.8 Å². The molecule has 0 aliphatic heterocycles. The molecule has 0 atom stereocenters. The summed E-state index contributed by atoms with van der Waals surface area (Å²) in [5.41, 5.74) is 0.856. The quantitative estimate of drug-likeness (QED) is 0.810. The van der Waals surface area contributed by atoms with Gasteiger partial charge >= 0.3 is 5.97 Å². The minimum absolute atomic E-state index is 0.0780. The van der Waals surface area contributed by atoms with Crippen LogP contribution in [0.5, 0.6) is 0 Å². The Labute approximate surface area is 117 Å². The van der Waals surface area contributed by atoms with Crippen molar-refractivity contribution in [2.75, 3.05) is 0 Å². The number of carboxylic acids is 1. The monoisotopic (exact) mass is 277 g/mol. The molecule has 1 aliphatic rings. The summed E-state index contributed by atoms with van der Waals surface area (Å²) in [4.78, 5) is 22.6. The summed E-state index contributed by atoms with van der Waals surface area (Å²) >= 11 is 0. The summed E-state index contributed by atoms with van der Waals surface area (Å²) in [6.45, 7) is 0. The van der Waals surface area contributed by atoms with Crippen LogP contribution in [0.3, 0.4) is 0 Å². The van der Waals surface area contributed by atoms with Gasteiger partial charge in [-0.2, -0.15) is 5.10 Å². The van der Waals surface area contributed by atoms with E-state index >= 15 is 0 Å². The van der Waals surface area contributed by atoms with Crippen LogP contribution < -0.4 is 5.32 Å². The van der Waals surface area contributed by atoms with Crippen molar-refractivity contribution in [2.45, 2.75) is 31.7 Å². The summed E-state index contributed by atoms with van der Waals surface area (Å²) in [5.74, 6) is -1.14. The van der Waals surface area contributed by atoms with Crippen LogP contribution in [0.2, 0.25) is 0 Å². The molecule has 0 unspecified atom stereocenters. The first-order valence-corrected chi connectivity index (χ1v) is 6.75. The third-order valence-electron chi connectivity index (χ3n) is 3.69. The Morgan fingerprint density at radius 1 is 1.40 bits per heavy atom. The van der Waals surface area contributed by atoms with Crippen molar-refractivity contribution in [1.29, 1.82) is 0 Å². The molecule has 0 saturated heterocycles. The molecule has 0 radical (unpaired) electrons. The first-order chi connectivity index (χ1) is 9.56. The number of hydrogen-bond donors (Lipinski definition) is 2. The number of carbonyl (C=O) groups is 2. The molecule has 20 heavy (non-hydrogen) atoms. The van der Waals surface area contributed by atoms with E-state index < -0.39 is 5.97 Å². The van der Waals surface area contributed by atoms with Gasteiger partial charge in [-0.05, 0) is 37.8 Å². The van der Waals surface area contributed by atoms with Crippen molar-refractivity contribution in [1.82, 2.24) is 15.1 Å². The van der Waals surface area contributed by atoms with E-state index in [0.717, 1.165) is 18.5 Å². The molecule has 6 heteroatoms. The normalized spacial score (nSPS) is 22.9. The first kappa shape index (κ1) is 14.3. The lowest BCUT2D eigenvalue weighted by atomic mass is 9.86. The highest BCUT2D eigenvalue weighted by Gasteiger charge is 2.26. The second-order valence-electron chi connectivity index (χ2n) is 5.11. The largest absolute Gasteiger partial charge is 0.481 e. The second kappa shape index (κ2) is 6.36. The zero-order valence-electron chi connectivity index (χ0n) is 11.5. The van der Waals surface area contributed by atoms with E-state index in [-0.39, 0.29) is 17.9 Å². The minimum atomic E-state index is -0.731. The molecule has 1 heterocycles. The fourth-order valence-corrected chi connectivity index (χ4v) is 2.44. The van der Waals surface area contributed by atoms with Crippen LogP contribution in [0, 0.1) is 5.92 Å².